The highest BCUT2D eigenvalue weighted by atomic mass is 32.1. The van der Waals surface area contributed by atoms with Crippen LogP contribution in [0.1, 0.15) is 37.5 Å². The van der Waals surface area contributed by atoms with Gasteiger partial charge in [0.2, 0.25) is 0 Å². The first-order valence-corrected chi connectivity index (χ1v) is 16.8. The molecule has 248 valence electrons. The fraction of sp³-hybridized carbons (Fsp3) is 0.216. The normalized spacial score (nSPS) is 12.7. The van der Waals surface area contributed by atoms with E-state index in [1.165, 1.54) is 11.3 Å². The van der Waals surface area contributed by atoms with Crippen LogP contribution in [0.4, 0.5) is 10.9 Å². The SMILES string of the molecule is CN(C)CCOc1ccccc1Cn1cc(-c2ccc(N3CCc4cccc(C(=O)Nc5nc6ccccc6s5)c4C3)nc2C(=O)O)cn1. The largest absolute Gasteiger partial charge is 0.492 e. The molecule has 0 atom stereocenters. The Morgan fingerprint density at radius 2 is 1.84 bits per heavy atom. The lowest BCUT2D eigenvalue weighted by molar-refractivity contribution is 0.0691. The fourth-order valence-electron chi connectivity index (χ4n) is 5.98. The number of amides is 1. The number of nitrogens with zero attached hydrogens (tertiary/aromatic N) is 6. The number of benzene rings is 3. The van der Waals surface area contributed by atoms with E-state index >= 15 is 0 Å². The van der Waals surface area contributed by atoms with Crippen LogP contribution in [0.5, 0.6) is 5.75 Å². The number of anilines is 2. The molecule has 12 heteroatoms. The Hall–Kier alpha value is -5.59. The van der Waals surface area contributed by atoms with Gasteiger partial charge in [-0.2, -0.15) is 5.10 Å². The van der Waals surface area contributed by atoms with Crippen molar-refractivity contribution in [1.82, 2.24) is 24.6 Å². The summed E-state index contributed by atoms with van der Waals surface area (Å²) in [6, 6.07) is 25.0. The van der Waals surface area contributed by atoms with Gasteiger partial charge in [-0.3, -0.25) is 14.8 Å². The highest BCUT2D eigenvalue weighted by Crippen LogP contribution is 2.31. The van der Waals surface area contributed by atoms with Gasteiger partial charge < -0.3 is 19.6 Å². The molecule has 0 spiro atoms. The molecule has 3 aromatic carbocycles. The van der Waals surface area contributed by atoms with Crippen LogP contribution in [0.3, 0.4) is 0 Å². The second-order valence-corrected chi connectivity index (χ2v) is 13.1. The molecule has 49 heavy (non-hydrogen) atoms. The van der Waals surface area contributed by atoms with Gasteiger partial charge in [0.15, 0.2) is 10.8 Å². The number of carbonyl (C=O) groups is 2. The maximum absolute atomic E-state index is 13.5. The first kappa shape index (κ1) is 32.0. The van der Waals surface area contributed by atoms with E-state index in [2.05, 4.69) is 25.3 Å². The third-order valence-corrected chi connectivity index (χ3v) is 9.44. The van der Waals surface area contributed by atoms with Crippen LogP contribution in [0.25, 0.3) is 21.3 Å². The Bertz CT molecular complexity index is 2130. The molecule has 0 saturated heterocycles. The third kappa shape index (κ3) is 7.01. The summed E-state index contributed by atoms with van der Waals surface area (Å²) in [6.07, 6.45) is 4.18. The molecular weight excluding hydrogens is 639 g/mol. The van der Waals surface area contributed by atoms with E-state index in [1.807, 2.05) is 98.0 Å². The molecular formula is C37H35N7O4S. The number of aromatic carboxylic acids is 1. The molecule has 0 aliphatic carbocycles. The molecule has 7 rings (SSSR count). The number of hydrogen-bond donors (Lipinski definition) is 2. The van der Waals surface area contributed by atoms with Crippen molar-refractivity contribution in [3.05, 3.63) is 119 Å². The zero-order valence-corrected chi connectivity index (χ0v) is 28.0. The number of ether oxygens (including phenoxy) is 1. The van der Waals surface area contributed by atoms with Gasteiger partial charge >= 0.3 is 5.97 Å². The van der Waals surface area contributed by atoms with E-state index in [-0.39, 0.29) is 11.6 Å². The Labute approximate surface area is 287 Å². The lowest BCUT2D eigenvalue weighted by Crippen LogP contribution is -2.33. The second-order valence-electron chi connectivity index (χ2n) is 12.1. The molecule has 1 aliphatic heterocycles. The highest BCUT2D eigenvalue weighted by molar-refractivity contribution is 7.22. The number of aromatic nitrogens is 4. The molecule has 0 unspecified atom stereocenters. The average molecular weight is 674 g/mol. The topological polar surface area (TPSA) is 126 Å². The van der Waals surface area contributed by atoms with Crippen LogP contribution in [0.2, 0.25) is 0 Å². The molecule has 0 saturated carbocycles. The van der Waals surface area contributed by atoms with E-state index in [0.717, 1.165) is 39.2 Å². The number of nitrogens with one attached hydrogen (secondary N) is 1. The Kier molecular flexibility index (Phi) is 9.05. The molecule has 2 N–H and O–H groups in total. The first-order chi connectivity index (χ1) is 23.8. The maximum Gasteiger partial charge on any atom is 0.355 e. The smallest absolute Gasteiger partial charge is 0.355 e. The van der Waals surface area contributed by atoms with Gasteiger partial charge in [-0.05, 0) is 68.0 Å². The van der Waals surface area contributed by atoms with Gasteiger partial charge in [0.05, 0.1) is 23.0 Å². The van der Waals surface area contributed by atoms with E-state index < -0.39 is 5.97 Å². The molecule has 6 aromatic rings. The minimum absolute atomic E-state index is 0.0582. The van der Waals surface area contributed by atoms with Gasteiger partial charge in [0, 0.05) is 48.1 Å². The standard InChI is InChI=1S/C37H35N7O4S/c1-42(2)18-19-48-31-12-5-3-8-25(31)21-44-22-26(20-38-44)27-14-15-33(40-34(27)36(46)47)43-17-16-24-9-7-10-28(29(24)23-43)35(45)41-37-39-30-11-4-6-13-32(30)49-37/h3-15,20,22H,16-19,21,23H2,1-2H3,(H,46,47)(H,39,41,45). The van der Waals surface area contributed by atoms with Crippen molar-refractivity contribution in [3.8, 4) is 16.9 Å². The van der Waals surface area contributed by atoms with E-state index in [4.69, 9.17) is 4.74 Å². The number of likely N-dealkylation sites (N-methyl/N-ethyl adjacent to an activating group) is 1. The molecule has 11 nitrogen and oxygen atoms in total. The zero-order valence-electron chi connectivity index (χ0n) is 27.2. The Morgan fingerprint density at radius 3 is 2.67 bits per heavy atom. The highest BCUT2D eigenvalue weighted by Gasteiger charge is 2.25. The number of hydrogen-bond acceptors (Lipinski definition) is 9. The minimum Gasteiger partial charge on any atom is -0.492 e. The molecule has 0 fully saturated rings. The predicted octanol–water partition coefficient (Wildman–Crippen LogP) is 6.06. The molecule has 0 radical (unpaired) electrons. The number of carboxylic acids is 1. The fourth-order valence-corrected chi connectivity index (χ4v) is 6.84. The van der Waals surface area contributed by atoms with Crippen molar-refractivity contribution < 1.29 is 19.4 Å². The molecule has 0 bridgehead atoms. The number of thiazole rings is 1. The van der Waals surface area contributed by atoms with Crippen molar-refractivity contribution in [1.29, 1.82) is 0 Å². The van der Waals surface area contributed by atoms with Crippen LogP contribution in [-0.4, -0.2) is 75.4 Å². The summed E-state index contributed by atoms with van der Waals surface area (Å²) < 4.78 is 8.78. The van der Waals surface area contributed by atoms with Crippen LogP contribution in [-0.2, 0) is 19.5 Å². The molecule has 3 aromatic heterocycles. The maximum atomic E-state index is 13.5. The van der Waals surface area contributed by atoms with Gasteiger partial charge in [0.1, 0.15) is 18.2 Å². The van der Waals surface area contributed by atoms with Gasteiger partial charge in [-0.1, -0.05) is 53.8 Å². The summed E-state index contributed by atoms with van der Waals surface area (Å²) in [5, 5.41) is 18.3. The first-order valence-electron chi connectivity index (χ1n) is 16.0. The summed E-state index contributed by atoms with van der Waals surface area (Å²) in [5.41, 5.74) is 5.42. The summed E-state index contributed by atoms with van der Waals surface area (Å²) in [5.74, 6) is -0.0342. The van der Waals surface area contributed by atoms with E-state index in [9.17, 15) is 14.7 Å². The zero-order chi connectivity index (χ0) is 33.9. The molecule has 4 heterocycles. The van der Waals surface area contributed by atoms with Crippen molar-refractivity contribution in [3.63, 3.8) is 0 Å². The predicted molar refractivity (Wildman–Crippen MR) is 191 cm³/mol. The van der Waals surface area contributed by atoms with Crippen LogP contribution in [0, 0.1) is 0 Å². The summed E-state index contributed by atoms with van der Waals surface area (Å²) in [7, 11) is 4.00. The summed E-state index contributed by atoms with van der Waals surface area (Å²) >= 11 is 1.43. The lowest BCUT2D eigenvalue weighted by atomic mass is 9.94. The van der Waals surface area contributed by atoms with Gasteiger partial charge in [0.25, 0.3) is 5.91 Å². The van der Waals surface area contributed by atoms with Crippen molar-refractivity contribution in [2.45, 2.75) is 19.5 Å². The van der Waals surface area contributed by atoms with E-state index in [1.54, 1.807) is 16.9 Å². The summed E-state index contributed by atoms with van der Waals surface area (Å²) in [4.78, 5) is 39.3. The second kappa shape index (κ2) is 13.9. The van der Waals surface area contributed by atoms with Crippen LogP contribution < -0.4 is 15.0 Å². The minimum atomic E-state index is -1.13. The number of rotatable bonds is 11. The van der Waals surface area contributed by atoms with Gasteiger partial charge in [-0.25, -0.2) is 14.8 Å². The van der Waals surface area contributed by atoms with E-state index in [0.29, 0.717) is 60.3 Å². The number of carbonyl (C=O) groups excluding carboxylic acids is 1. The molecule has 1 aliphatic rings. The quantitative estimate of drug-likeness (QED) is 0.169. The average Bonchev–Trinajstić information content (AvgIpc) is 3.74. The van der Waals surface area contributed by atoms with Crippen LogP contribution in [0.15, 0.2) is 91.3 Å². The number of pyridine rings is 1. The van der Waals surface area contributed by atoms with Gasteiger partial charge in [-0.15, -0.1) is 0 Å². The Balaban J connectivity index is 1.09. The Morgan fingerprint density at radius 1 is 1.00 bits per heavy atom. The molecule has 1 amide bonds. The number of para-hydroxylation sites is 2. The third-order valence-electron chi connectivity index (χ3n) is 8.48. The van der Waals surface area contributed by atoms with Crippen LogP contribution >= 0.6 is 11.3 Å². The summed E-state index contributed by atoms with van der Waals surface area (Å²) in [6.45, 7) is 2.88. The lowest BCUT2D eigenvalue weighted by Gasteiger charge is -2.31. The van der Waals surface area contributed by atoms with Crippen molar-refractivity contribution in [2.75, 3.05) is 44.0 Å². The van der Waals surface area contributed by atoms with Crippen molar-refractivity contribution in [2.24, 2.45) is 0 Å². The monoisotopic (exact) mass is 673 g/mol. The number of fused-ring (bicyclic) bond motifs is 2. The van der Waals surface area contributed by atoms with Crippen molar-refractivity contribution >= 4 is 44.4 Å². The number of carboxylic acid groups (broad SMARTS) is 1.